The van der Waals surface area contributed by atoms with Gasteiger partial charge in [-0.15, -0.1) is 0 Å². The van der Waals surface area contributed by atoms with Crippen molar-refractivity contribution >= 4 is 28.8 Å². The highest BCUT2D eigenvalue weighted by Crippen LogP contribution is 2.35. The van der Waals surface area contributed by atoms with Gasteiger partial charge in [0.25, 0.3) is 5.91 Å². The van der Waals surface area contributed by atoms with Gasteiger partial charge in [-0.2, -0.15) is 13.2 Å². The fourth-order valence-electron chi connectivity index (χ4n) is 4.07. The Morgan fingerprint density at radius 2 is 1.77 bits per heavy atom. The molecule has 6 nitrogen and oxygen atoms in total. The Morgan fingerprint density at radius 1 is 1.00 bits per heavy atom. The van der Waals surface area contributed by atoms with Crippen molar-refractivity contribution in [3.63, 3.8) is 0 Å². The Bertz CT molecular complexity index is 1200. The van der Waals surface area contributed by atoms with E-state index in [1.807, 2.05) is 12.1 Å². The Labute approximate surface area is 201 Å². The minimum atomic E-state index is -4.39. The maximum absolute atomic E-state index is 13.0. The molecule has 0 radical (unpaired) electrons. The molecule has 1 amide bonds. The van der Waals surface area contributed by atoms with E-state index < -0.39 is 11.7 Å². The van der Waals surface area contributed by atoms with E-state index in [2.05, 4.69) is 20.6 Å². The number of rotatable bonds is 7. The molecule has 0 aliphatic heterocycles. The fourth-order valence-corrected chi connectivity index (χ4v) is 4.07. The van der Waals surface area contributed by atoms with E-state index in [0.29, 0.717) is 54.3 Å². The van der Waals surface area contributed by atoms with Crippen LogP contribution in [0.15, 0.2) is 66.4 Å². The number of allylic oxidation sites excluding steroid dienone is 1. The van der Waals surface area contributed by atoms with Gasteiger partial charge in [-0.3, -0.25) is 4.79 Å². The molecule has 4 rings (SSSR count). The van der Waals surface area contributed by atoms with Gasteiger partial charge in [0.15, 0.2) is 0 Å². The first-order valence-corrected chi connectivity index (χ1v) is 11.4. The lowest BCUT2D eigenvalue weighted by molar-refractivity contribution is -0.137. The number of anilines is 3. The Hall–Kier alpha value is -3.88. The number of aromatic nitrogens is 2. The first kappa shape index (κ1) is 24.3. The van der Waals surface area contributed by atoms with Crippen LogP contribution in [0.2, 0.25) is 0 Å². The number of alkyl halides is 3. The van der Waals surface area contributed by atoms with Gasteiger partial charge in [-0.1, -0.05) is 18.2 Å². The zero-order valence-electron chi connectivity index (χ0n) is 19.0. The second kappa shape index (κ2) is 10.6. The number of carbonyl (C=O) groups excluding carboxylic acids is 1. The summed E-state index contributed by atoms with van der Waals surface area (Å²) in [7, 11) is 0. The maximum atomic E-state index is 13.0. The van der Waals surface area contributed by atoms with Gasteiger partial charge in [-0.25, -0.2) is 9.97 Å². The third-order valence-corrected chi connectivity index (χ3v) is 5.84. The smallest absolute Gasteiger partial charge is 0.384 e. The van der Waals surface area contributed by atoms with Crippen molar-refractivity contribution in [3.05, 3.63) is 83.2 Å². The Morgan fingerprint density at radius 3 is 2.46 bits per heavy atom. The normalized spacial score (nSPS) is 14.0. The second-order valence-electron chi connectivity index (χ2n) is 8.36. The number of benzene rings is 1. The third kappa shape index (κ3) is 6.38. The lowest BCUT2D eigenvalue weighted by Crippen LogP contribution is -2.18. The topological polar surface area (TPSA) is 92.9 Å². The summed E-state index contributed by atoms with van der Waals surface area (Å²) in [5.41, 5.74) is 8.46. The van der Waals surface area contributed by atoms with Crippen LogP contribution in [-0.2, 0) is 17.4 Å². The Balaban J connectivity index is 1.39. The molecule has 3 aromatic rings. The van der Waals surface area contributed by atoms with Crippen molar-refractivity contribution < 1.29 is 18.0 Å². The standard InChI is InChI=1S/C26H26F3N5O/c27-26(28,29)18-10-8-17(9-11-18)21-5-1-2-6-22(21)25(35)34-20-12-13-24(32-16-20)31-15-14-19-4-3-7-23(30)33-19/h3-4,7-13,16H,1-2,5-6,14-15H2,(H2,30,33)(H,31,32)(H,34,35). The van der Waals surface area contributed by atoms with Crippen LogP contribution in [0.25, 0.3) is 5.57 Å². The van der Waals surface area contributed by atoms with Crippen LogP contribution in [0, 0.1) is 0 Å². The number of nitrogens with one attached hydrogen (secondary N) is 2. The van der Waals surface area contributed by atoms with Gasteiger partial charge in [0.1, 0.15) is 11.6 Å². The van der Waals surface area contributed by atoms with Crippen LogP contribution in [0.5, 0.6) is 0 Å². The summed E-state index contributed by atoms with van der Waals surface area (Å²) in [5, 5.41) is 6.08. The summed E-state index contributed by atoms with van der Waals surface area (Å²) in [4.78, 5) is 21.6. The highest BCUT2D eigenvalue weighted by atomic mass is 19.4. The second-order valence-corrected chi connectivity index (χ2v) is 8.36. The van der Waals surface area contributed by atoms with Crippen LogP contribution >= 0.6 is 0 Å². The number of nitrogens with zero attached hydrogens (tertiary/aromatic N) is 2. The zero-order valence-corrected chi connectivity index (χ0v) is 19.0. The first-order valence-electron chi connectivity index (χ1n) is 11.4. The molecule has 0 atom stereocenters. The number of carbonyl (C=O) groups is 1. The average molecular weight is 482 g/mol. The van der Waals surface area contributed by atoms with Gasteiger partial charge in [0.2, 0.25) is 0 Å². The SMILES string of the molecule is Nc1cccc(CCNc2ccc(NC(=O)C3=C(c4ccc(C(F)(F)F)cc4)CCCC3)cn2)n1. The quantitative estimate of drug-likeness (QED) is 0.403. The molecule has 2 aromatic heterocycles. The summed E-state index contributed by atoms with van der Waals surface area (Å²) in [6, 6.07) is 14.0. The molecule has 4 N–H and O–H groups in total. The van der Waals surface area contributed by atoms with Crippen molar-refractivity contribution in [2.75, 3.05) is 22.9 Å². The molecular weight excluding hydrogens is 455 g/mol. The van der Waals surface area contributed by atoms with Crippen LogP contribution in [0.4, 0.5) is 30.5 Å². The van der Waals surface area contributed by atoms with E-state index >= 15 is 0 Å². The minimum Gasteiger partial charge on any atom is -0.384 e. The summed E-state index contributed by atoms with van der Waals surface area (Å²) >= 11 is 0. The first-order chi connectivity index (χ1) is 16.8. The molecule has 0 bridgehead atoms. The molecule has 0 spiro atoms. The molecule has 0 saturated carbocycles. The minimum absolute atomic E-state index is 0.255. The number of halogens is 3. The number of pyridine rings is 2. The predicted octanol–water partition coefficient (Wildman–Crippen LogP) is 5.70. The fraction of sp³-hybridized carbons (Fsp3) is 0.269. The molecule has 1 aliphatic rings. The van der Waals surface area contributed by atoms with E-state index in [0.717, 1.165) is 36.2 Å². The number of nitrogen functional groups attached to an aromatic ring is 1. The monoisotopic (exact) mass is 481 g/mol. The lowest BCUT2D eigenvalue weighted by Gasteiger charge is -2.21. The van der Waals surface area contributed by atoms with E-state index in [-0.39, 0.29) is 5.91 Å². The van der Waals surface area contributed by atoms with E-state index in [1.165, 1.54) is 12.1 Å². The summed E-state index contributed by atoms with van der Waals surface area (Å²) < 4.78 is 38.7. The molecule has 182 valence electrons. The van der Waals surface area contributed by atoms with Crippen molar-refractivity contribution in [2.45, 2.75) is 38.3 Å². The summed E-state index contributed by atoms with van der Waals surface area (Å²) in [6.45, 7) is 0.624. The van der Waals surface area contributed by atoms with Crippen molar-refractivity contribution in [2.24, 2.45) is 0 Å². The molecule has 35 heavy (non-hydrogen) atoms. The molecule has 0 unspecified atom stereocenters. The van der Waals surface area contributed by atoms with Crippen LogP contribution in [-0.4, -0.2) is 22.4 Å². The van der Waals surface area contributed by atoms with Crippen LogP contribution in [0.3, 0.4) is 0 Å². The predicted molar refractivity (Wildman–Crippen MR) is 131 cm³/mol. The lowest BCUT2D eigenvalue weighted by atomic mass is 9.86. The zero-order chi connectivity index (χ0) is 24.8. The molecular formula is C26H26F3N5O. The summed E-state index contributed by atoms with van der Waals surface area (Å²) in [5.74, 6) is 0.888. The van der Waals surface area contributed by atoms with Gasteiger partial charge in [0.05, 0.1) is 17.4 Å². The van der Waals surface area contributed by atoms with Crippen molar-refractivity contribution in [1.29, 1.82) is 0 Å². The number of amides is 1. The molecule has 0 fully saturated rings. The number of nitrogens with two attached hydrogens (primary N) is 1. The van der Waals surface area contributed by atoms with E-state index in [4.69, 9.17) is 5.73 Å². The highest BCUT2D eigenvalue weighted by molar-refractivity contribution is 6.09. The molecule has 9 heteroatoms. The van der Waals surface area contributed by atoms with Gasteiger partial charge < -0.3 is 16.4 Å². The van der Waals surface area contributed by atoms with Gasteiger partial charge in [-0.05, 0) is 73.2 Å². The maximum Gasteiger partial charge on any atom is 0.416 e. The van der Waals surface area contributed by atoms with Gasteiger partial charge in [0, 0.05) is 24.2 Å². The molecule has 0 saturated heterocycles. The number of hydrogen-bond donors (Lipinski definition) is 3. The molecule has 1 aliphatic carbocycles. The molecule has 1 aromatic carbocycles. The van der Waals surface area contributed by atoms with Crippen molar-refractivity contribution in [1.82, 2.24) is 9.97 Å². The van der Waals surface area contributed by atoms with E-state index in [1.54, 1.807) is 24.4 Å². The molecule has 2 heterocycles. The van der Waals surface area contributed by atoms with E-state index in [9.17, 15) is 18.0 Å². The average Bonchev–Trinajstić information content (AvgIpc) is 2.85. The highest BCUT2D eigenvalue weighted by Gasteiger charge is 2.30. The largest absolute Gasteiger partial charge is 0.416 e. The third-order valence-electron chi connectivity index (χ3n) is 5.84. The summed E-state index contributed by atoms with van der Waals surface area (Å²) in [6.07, 6.45) is 0.840. The Kier molecular flexibility index (Phi) is 7.33. The van der Waals surface area contributed by atoms with Crippen molar-refractivity contribution in [3.8, 4) is 0 Å². The van der Waals surface area contributed by atoms with Gasteiger partial charge >= 0.3 is 6.18 Å². The number of hydrogen-bond acceptors (Lipinski definition) is 5. The van der Waals surface area contributed by atoms with Crippen LogP contribution in [0.1, 0.15) is 42.5 Å². The van der Waals surface area contributed by atoms with Crippen LogP contribution < -0.4 is 16.4 Å².